The van der Waals surface area contributed by atoms with E-state index in [1.165, 1.54) is 0 Å². The fourth-order valence-corrected chi connectivity index (χ4v) is 2.44. The number of hydrogen-bond acceptors (Lipinski definition) is 4. The Hall–Kier alpha value is -2.93. The first-order valence-corrected chi connectivity index (χ1v) is 6.59. The molecule has 0 bridgehead atoms. The summed E-state index contributed by atoms with van der Waals surface area (Å²) in [4.78, 5) is 8.42. The van der Waals surface area contributed by atoms with E-state index >= 15 is 0 Å². The van der Waals surface area contributed by atoms with E-state index in [2.05, 4.69) is 21.1 Å². The number of aliphatic imine (C=N–C) groups is 1. The Morgan fingerprint density at radius 3 is 3.10 bits per heavy atom. The Morgan fingerprint density at radius 2 is 2.29 bits per heavy atom. The predicted octanol–water partition coefficient (Wildman–Crippen LogP) is 2.74. The van der Waals surface area contributed by atoms with Crippen LogP contribution in [-0.2, 0) is 12.8 Å². The second kappa shape index (κ2) is 5.59. The minimum atomic E-state index is 0.502. The number of pyridine rings is 1. The first kappa shape index (κ1) is 13.1. The number of terminal acetylenes is 1. The average Bonchev–Trinajstić information content (AvgIpc) is 3.01. The van der Waals surface area contributed by atoms with Crippen molar-refractivity contribution in [3.8, 4) is 12.3 Å². The van der Waals surface area contributed by atoms with Gasteiger partial charge in [0.25, 0.3) is 0 Å². The van der Waals surface area contributed by atoms with Crippen molar-refractivity contribution in [1.29, 1.82) is 0 Å². The maximum Gasteiger partial charge on any atom is 0.155 e. The summed E-state index contributed by atoms with van der Waals surface area (Å²) in [5.74, 6) is 3.31. The first-order valence-electron chi connectivity index (χ1n) is 6.59. The summed E-state index contributed by atoms with van der Waals surface area (Å²) in [7, 11) is 0. The van der Waals surface area contributed by atoms with E-state index in [9.17, 15) is 5.21 Å². The van der Waals surface area contributed by atoms with Crippen molar-refractivity contribution < 1.29 is 5.21 Å². The number of fused-ring (bicyclic) bond motifs is 1. The summed E-state index contributed by atoms with van der Waals surface area (Å²) in [6.45, 7) is 0. The minimum absolute atomic E-state index is 0.502. The Labute approximate surface area is 122 Å². The van der Waals surface area contributed by atoms with Crippen LogP contribution in [0.25, 0.3) is 0 Å². The molecule has 0 aliphatic carbocycles. The second-order valence-electron chi connectivity index (χ2n) is 4.74. The number of benzene rings is 1. The normalized spacial score (nSPS) is 13.0. The lowest BCUT2D eigenvalue weighted by Gasteiger charge is -2.09. The van der Waals surface area contributed by atoms with E-state index in [-0.39, 0.29) is 0 Å². The lowest BCUT2D eigenvalue weighted by atomic mass is 9.97. The summed E-state index contributed by atoms with van der Waals surface area (Å²) in [5, 5.41) is 12.9. The standard InChI is InChI=1S/C17H13N3O/c1-2-12-4-3-5-13(10-12)11-16(20-21)14-6-8-18-17-15(14)7-9-19-17/h1,3-6,8-10,21H,7,11H2/b20-16+. The maximum absolute atomic E-state index is 9.38. The zero-order valence-corrected chi connectivity index (χ0v) is 11.3. The van der Waals surface area contributed by atoms with Gasteiger partial charge in [0, 0.05) is 41.9 Å². The van der Waals surface area contributed by atoms with Gasteiger partial charge in [0.2, 0.25) is 0 Å². The van der Waals surface area contributed by atoms with Crippen LogP contribution in [0.1, 0.15) is 22.3 Å². The third-order valence-electron chi connectivity index (χ3n) is 3.44. The van der Waals surface area contributed by atoms with Crippen LogP contribution in [-0.4, -0.2) is 22.1 Å². The van der Waals surface area contributed by atoms with Gasteiger partial charge in [0.1, 0.15) is 0 Å². The molecule has 102 valence electrons. The minimum Gasteiger partial charge on any atom is -0.411 e. The van der Waals surface area contributed by atoms with Crippen LogP contribution in [0.3, 0.4) is 0 Å². The summed E-state index contributed by atoms with van der Waals surface area (Å²) in [6.07, 6.45) is 10.1. The summed E-state index contributed by atoms with van der Waals surface area (Å²) < 4.78 is 0. The molecule has 0 fully saturated rings. The fourth-order valence-electron chi connectivity index (χ4n) is 2.44. The molecule has 4 nitrogen and oxygen atoms in total. The van der Waals surface area contributed by atoms with Gasteiger partial charge in [-0.05, 0) is 23.8 Å². The van der Waals surface area contributed by atoms with Crippen molar-refractivity contribution in [2.24, 2.45) is 10.1 Å². The number of oxime groups is 1. The predicted molar refractivity (Wildman–Crippen MR) is 82.5 cm³/mol. The molecular weight excluding hydrogens is 262 g/mol. The molecule has 21 heavy (non-hydrogen) atoms. The zero-order valence-electron chi connectivity index (χ0n) is 11.3. The lowest BCUT2D eigenvalue weighted by molar-refractivity contribution is 0.318. The molecular formula is C17H13N3O. The van der Waals surface area contributed by atoms with Gasteiger partial charge in [-0.25, -0.2) is 9.98 Å². The molecule has 1 aromatic carbocycles. The van der Waals surface area contributed by atoms with Gasteiger partial charge in [0.15, 0.2) is 5.82 Å². The molecule has 3 rings (SSSR count). The molecule has 2 aromatic rings. The highest BCUT2D eigenvalue weighted by Crippen LogP contribution is 2.25. The number of nitrogens with zero attached hydrogens (tertiary/aromatic N) is 3. The molecule has 4 heteroatoms. The SMILES string of the molecule is C#Cc1cccc(C/C(=N\O)c2ccnc3c2CC=N3)c1. The molecule has 1 aliphatic heterocycles. The third kappa shape index (κ3) is 2.54. The molecule has 1 aliphatic rings. The van der Waals surface area contributed by atoms with Crippen LogP contribution in [0, 0.1) is 12.3 Å². The van der Waals surface area contributed by atoms with Gasteiger partial charge < -0.3 is 5.21 Å². The number of aromatic nitrogens is 1. The van der Waals surface area contributed by atoms with Gasteiger partial charge >= 0.3 is 0 Å². The highest BCUT2D eigenvalue weighted by atomic mass is 16.4. The van der Waals surface area contributed by atoms with Crippen LogP contribution in [0.15, 0.2) is 46.7 Å². The maximum atomic E-state index is 9.38. The van der Waals surface area contributed by atoms with Gasteiger partial charge in [-0.1, -0.05) is 23.2 Å². The van der Waals surface area contributed by atoms with Crippen molar-refractivity contribution in [1.82, 2.24) is 4.98 Å². The molecule has 0 saturated carbocycles. The van der Waals surface area contributed by atoms with Gasteiger partial charge in [-0.3, -0.25) is 0 Å². The summed E-state index contributed by atoms with van der Waals surface area (Å²) in [5.41, 5.74) is 4.29. The molecule has 1 N–H and O–H groups in total. The van der Waals surface area contributed by atoms with Crippen molar-refractivity contribution in [2.75, 3.05) is 0 Å². The Balaban J connectivity index is 1.94. The Morgan fingerprint density at radius 1 is 1.38 bits per heavy atom. The van der Waals surface area contributed by atoms with Crippen LogP contribution in [0.5, 0.6) is 0 Å². The number of rotatable bonds is 3. The van der Waals surface area contributed by atoms with E-state index in [0.29, 0.717) is 24.4 Å². The highest BCUT2D eigenvalue weighted by molar-refractivity contribution is 6.04. The van der Waals surface area contributed by atoms with E-state index in [0.717, 1.165) is 22.3 Å². The lowest BCUT2D eigenvalue weighted by Crippen LogP contribution is -2.09. The third-order valence-corrected chi connectivity index (χ3v) is 3.44. The van der Waals surface area contributed by atoms with E-state index in [4.69, 9.17) is 6.42 Å². The van der Waals surface area contributed by atoms with Crippen molar-refractivity contribution in [3.63, 3.8) is 0 Å². The molecule has 2 heterocycles. The largest absolute Gasteiger partial charge is 0.411 e. The molecule has 0 atom stereocenters. The van der Waals surface area contributed by atoms with Crippen molar-refractivity contribution in [2.45, 2.75) is 12.8 Å². The quantitative estimate of drug-likeness (QED) is 0.405. The molecule has 0 unspecified atom stereocenters. The van der Waals surface area contributed by atoms with Crippen LogP contribution in [0.2, 0.25) is 0 Å². The topological polar surface area (TPSA) is 57.8 Å². The monoisotopic (exact) mass is 275 g/mol. The van der Waals surface area contributed by atoms with Crippen LogP contribution >= 0.6 is 0 Å². The summed E-state index contributed by atoms with van der Waals surface area (Å²) >= 11 is 0. The van der Waals surface area contributed by atoms with Crippen LogP contribution in [0.4, 0.5) is 5.82 Å². The smallest absolute Gasteiger partial charge is 0.155 e. The van der Waals surface area contributed by atoms with Gasteiger partial charge in [-0.15, -0.1) is 6.42 Å². The highest BCUT2D eigenvalue weighted by Gasteiger charge is 2.17. The van der Waals surface area contributed by atoms with Crippen molar-refractivity contribution >= 4 is 17.7 Å². The van der Waals surface area contributed by atoms with Crippen molar-refractivity contribution in [3.05, 3.63) is 58.8 Å². The van der Waals surface area contributed by atoms with E-state index in [1.54, 1.807) is 6.20 Å². The molecule has 0 saturated heterocycles. The van der Waals surface area contributed by atoms with Crippen LogP contribution < -0.4 is 0 Å². The molecule has 1 aromatic heterocycles. The fraction of sp³-hybridized carbons (Fsp3) is 0.118. The second-order valence-corrected chi connectivity index (χ2v) is 4.74. The average molecular weight is 275 g/mol. The van der Waals surface area contributed by atoms with E-state index < -0.39 is 0 Å². The molecule has 0 spiro atoms. The zero-order chi connectivity index (χ0) is 14.7. The Bertz CT molecular complexity index is 785. The molecule has 0 radical (unpaired) electrons. The van der Waals surface area contributed by atoms with Gasteiger partial charge in [-0.2, -0.15) is 0 Å². The first-order chi connectivity index (χ1) is 10.3. The Kier molecular flexibility index (Phi) is 3.48. The van der Waals surface area contributed by atoms with E-state index in [1.807, 2.05) is 36.5 Å². The number of hydrogen-bond donors (Lipinski definition) is 1. The summed E-state index contributed by atoms with van der Waals surface area (Å²) in [6, 6.07) is 9.51. The molecule has 0 amide bonds. The van der Waals surface area contributed by atoms with Gasteiger partial charge in [0.05, 0.1) is 5.71 Å².